The minimum atomic E-state index is -0.631. The summed E-state index contributed by atoms with van der Waals surface area (Å²) in [6, 6.07) is 11.9. The number of aryl methyl sites for hydroxylation is 1. The van der Waals surface area contributed by atoms with Crippen LogP contribution in [0.2, 0.25) is 0 Å². The molecule has 31 heavy (non-hydrogen) atoms. The van der Waals surface area contributed by atoms with E-state index in [2.05, 4.69) is 15.2 Å². The Labute approximate surface area is 181 Å². The SMILES string of the molecule is Cn1cc(-c2nc(COC(=O)c3ccc(=O)n(CCOc4ccccc4)n3)cs2)cn1. The fourth-order valence-corrected chi connectivity index (χ4v) is 3.52. The molecule has 0 aliphatic rings. The Morgan fingerprint density at radius 1 is 1.16 bits per heavy atom. The summed E-state index contributed by atoms with van der Waals surface area (Å²) in [5.74, 6) is 0.0636. The summed E-state index contributed by atoms with van der Waals surface area (Å²) in [7, 11) is 1.83. The van der Waals surface area contributed by atoms with Gasteiger partial charge in [-0.15, -0.1) is 11.3 Å². The largest absolute Gasteiger partial charge is 0.492 e. The van der Waals surface area contributed by atoms with E-state index in [-0.39, 0.29) is 31.0 Å². The third-order valence-electron chi connectivity index (χ3n) is 4.25. The summed E-state index contributed by atoms with van der Waals surface area (Å²) in [5, 5.41) is 10.8. The molecule has 3 aromatic heterocycles. The zero-order valence-corrected chi connectivity index (χ0v) is 17.5. The number of carbonyl (C=O) groups excluding carboxylic acids is 1. The van der Waals surface area contributed by atoms with Crippen LogP contribution in [0.25, 0.3) is 10.6 Å². The molecule has 0 aliphatic carbocycles. The van der Waals surface area contributed by atoms with E-state index in [9.17, 15) is 9.59 Å². The van der Waals surface area contributed by atoms with Crippen molar-refractivity contribution in [3.05, 3.63) is 82.0 Å². The lowest BCUT2D eigenvalue weighted by atomic mass is 10.3. The molecule has 0 fully saturated rings. The van der Waals surface area contributed by atoms with Gasteiger partial charge in [-0.05, 0) is 18.2 Å². The van der Waals surface area contributed by atoms with Crippen molar-refractivity contribution in [1.29, 1.82) is 0 Å². The van der Waals surface area contributed by atoms with Crippen molar-refractivity contribution in [1.82, 2.24) is 24.5 Å². The number of nitrogens with zero attached hydrogens (tertiary/aromatic N) is 5. The molecule has 0 amide bonds. The molecule has 4 aromatic rings. The number of ether oxygens (including phenoxy) is 2. The Morgan fingerprint density at radius 3 is 2.77 bits per heavy atom. The predicted octanol–water partition coefficient (Wildman–Crippen LogP) is 2.54. The second kappa shape index (κ2) is 9.35. The number of aromatic nitrogens is 5. The van der Waals surface area contributed by atoms with Gasteiger partial charge in [0.25, 0.3) is 5.56 Å². The molecule has 0 atom stereocenters. The van der Waals surface area contributed by atoms with E-state index in [4.69, 9.17) is 9.47 Å². The highest BCUT2D eigenvalue weighted by Gasteiger charge is 2.13. The first kappa shape index (κ1) is 20.5. The Morgan fingerprint density at radius 2 is 2.00 bits per heavy atom. The molecular weight excluding hydrogens is 418 g/mol. The van der Waals surface area contributed by atoms with Crippen LogP contribution in [0.5, 0.6) is 5.75 Å². The normalized spacial score (nSPS) is 10.7. The van der Waals surface area contributed by atoms with Gasteiger partial charge in [0.1, 0.15) is 24.0 Å². The summed E-state index contributed by atoms with van der Waals surface area (Å²) in [4.78, 5) is 28.9. The number of hydrogen-bond donors (Lipinski definition) is 0. The van der Waals surface area contributed by atoms with Crippen molar-refractivity contribution in [2.45, 2.75) is 13.2 Å². The fourth-order valence-electron chi connectivity index (χ4n) is 2.74. The second-order valence-corrected chi connectivity index (χ2v) is 7.42. The fraction of sp³-hybridized carbons (Fsp3) is 0.190. The Kier molecular flexibility index (Phi) is 6.18. The van der Waals surface area contributed by atoms with Crippen molar-refractivity contribution in [2.75, 3.05) is 6.61 Å². The Bertz CT molecular complexity index is 1230. The summed E-state index contributed by atoms with van der Waals surface area (Å²) in [6.07, 6.45) is 3.59. The predicted molar refractivity (Wildman–Crippen MR) is 114 cm³/mol. The van der Waals surface area contributed by atoms with Crippen LogP contribution in [-0.2, 0) is 24.9 Å². The molecule has 158 valence electrons. The number of carbonyl (C=O) groups is 1. The lowest BCUT2D eigenvalue weighted by Crippen LogP contribution is -2.27. The molecule has 0 unspecified atom stereocenters. The van der Waals surface area contributed by atoms with Gasteiger partial charge >= 0.3 is 5.97 Å². The smallest absolute Gasteiger partial charge is 0.359 e. The van der Waals surface area contributed by atoms with Gasteiger partial charge in [-0.1, -0.05) is 18.2 Å². The molecule has 0 bridgehead atoms. The summed E-state index contributed by atoms with van der Waals surface area (Å²) < 4.78 is 13.8. The van der Waals surface area contributed by atoms with Gasteiger partial charge < -0.3 is 9.47 Å². The van der Waals surface area contributed by atoms with Crippen LogP contribution in [0.3, 0.4) is 0 Å². The topological polar surface area (TPSA) is 101 Å². The van der Waals surface area contributed by atoms with Crippen molar-refractivity contribution in [3.8, 4) is 16.3 Å². The standard InChI is InChI=1S/C21H19N5O4S/c1-25-12-15(11-22-25)20-23-16(14-31-20)13-30-21(28)18-7-8-19(27)26(24-18)9-10-29-17-5-3-2-4-6-17/h2-8,11-12,14H,9-10,13H2,1H3. The highest BCUT2D eigenvalue weighted by Crippen LogP contribution is 2.23. The summed E-state index contributed by atoms with van der Waals surface area (Å²) in [6.45, 7) is 0.453. The maximum atomic E-state index is 12.4. The maximum Gasteiger partial charge on any atom is 0.359 e. The van der Waals surface area contributed by atoms with Crippen LogP contribution in [0, 0.1) is 0 Å². The average molecular weight is 437 g/mol. The number of esters is 1. The molecule has 1 aromatic carbocycles. The molecule has 4 rings (SSSR count). The third kappa shape index (κ3) is 5.23. The number of benzene rings is 1. The lowest BCUT2D eigenvalue weighted by Gasteiger charge is -2.08. The summed E-state index contributed by atoms with van der Waals surface area (Å²) in [5.41, 5.74) is 1.24. The van der Waals surface area contributed by atoms with Gasteiger partial charge in [0, 0.05) is 30.3 Å². The number of thiazole rings is 1. The van der Waals surface area contributed by atoms with Crippen LogP contribution in [0.1, 0.15) is 16.2 Å². The van der Waals surface area contributed by atoms with Crippen LogP contribution in [-0.4, -0.2) is 37.1 Å². The zero-order valence-electron chi connectivity index (χ0n) is 16.7. The van der Waals surface area contributed by atoms with Crippen molar-refractivity contribution in [3.63, 3.8) is 0 Å². The molecule has 10 heteroatoms. The highest BCUT2D eigenvalue weighted by atomic mass is 32.1. The monoisotopic (exact) mass is 437 g/mol. The second-order valence-electron chi connectivity index (χ2n) is 6.56. The van der Waals surface area contributed by atoms with Gasteiger partial charge in [-0.25, -0.2) is 14.5 Å². The van der Waals surface area contributed by atoms with Crippen molar-refractivity contribution < 1.29 is 14.3 Å². The van der Waals surface area contributed by atoms with Gasteiger partial charge in [-0.2, -0.15) is 10.2 Å². The Balaban J connectivity index is 1.34. The van der Waals surface area contributed by atoms with Crippen LogP contribution in [0.4, 0.5) is 0 Å². The van der Waals surface area contributed by atoms with Crippen molar-refractivity contribution >= 4 is 17.3 Å². The van der Waals surface area contributed by atoms with E-state index in [1.54, 1.807) is 10.9 Å². The highest BCUT2D eigenvalue weighted by molar-refractivity contribution is 7.13. The number of hydrogen-bond acceptors (Lipinski definition) is 8. The van der Waals surface area contributed by atoms with E-state index >= 15 is 0 Å². The molecular formula is C21H19N5O4S. The molecule has 0 radical (unpaired) electrons. The molecule has 0 aliphatic heterocycles. The van der Waals surface area contributed by atoms with Crippen LogP contribution < -0.4 is 10.3 Å². The first-order chi connectivity index (χ1) is 15.1. The van der Waals surface area contributed by atoms with E-state index in [0.717, 1.165) is 10.6 Å². The Hall–Kier alpha value is -3.79. The van der Waals surface area contributed by atoms with Crippen molar-refractivity contribution in [2.24, 2.45) is 7.05 Å². The van der Waals surface area contributed by atoms with Crippen LogP contribution in [0.15, 0.2) is 65.0 Å². The molecule has 0 spiro atoms. The minimum absolute atomic E-state index is 0.00746. The third-order valence-corrected chi connectivity index (χ3v) is 5.19. The average Bonchev–Trinajstić information content (AvgIpc) is 3.43. The lowest BCUT2D eigenvalue weighted by molar-refractivity contribution is 0.0458. The number of rotatable bonds is 8. The van der Waals surface area contributed by atoms with Gasteiger partial charge in [-0.3, -0.25) is 9.48 Å². The van der Waals surface area contributed by atoms with Gasteiger partial charge in [0.05, 0.1) is 18.4 Å². The summed E-state index contributed by atoms with van der Waals surface area (Å²) >= 11 is 1.44. The van der Waals surface area contributed by atoms with Crippen LogP contribution >= 0.6 is 11.3 Å². The molecule has 0 saturated carbocycles. The minimum Gasteiger partial charge on any atom is -0.492 e. The van der Waals surface area contributed by atoms with Gasteiger partial charge in [0.2, 0.25) is 0 Å². The maximum absolute atomic E-state index is 12.4. The van der Waals surface area contributed by atoms with E-state index in [0.29, 0.717) is 11.4 Å². The van der Waals surface area contributed by atoms with Gasteiger partial charge in [0.15, 0.2) is 5.69 Å². The molecule has 3 heterocycles. The quantitative estimate of drug-likeness (QED) is 0.391. The van der Waals surface area contributed by atoms with E-state index in [1.165, 1.54) is 28.2 Å². The van der Waals surface area contributed by atoms with E-state index < -0.39 is 5.97 Å². The molecule has 0 saturated heterocycles. The molecule has 9 nitrogen and oxygen atoms in total. The first-order valence-electron chi connectivity index (χ1n) is 9.45. The zero-order chi connectivity index (χ0) is 21.6. The molecule has 0 N–H and O–H groups in total. The van der Waals surface area contributed by atoms with E-state index in [1.807, 2.05) is 49.0 Å². The number of para-hydroxylation sites is 1. The first-order valence-corrected chi connectivity index (χ1v) is 10.3.